The largest absolute Gasteiger partial charge is 0.366 e. The Balaban J connectivity index is 2.53. The molecule has 100 valence electrons. The summed E-state index contributed by atoms with van der Waals surface area (Å²) in [6, 6.07) is 7.51. The van der Waals surface area contributed by atoms with Gasteiger partial charge in [0.25, 0.3) is 0 Å². The third-order valence-electron chi connectivity index (χ3n) is 2.42. The lowest BCUT2D eigenvalue weighted by Crippen LogP contribution is -2.33. The Kier molecular flexibility index (Phi) is 5.17. The number of carbonyl (C=O) groups is 1. The van der Waals surface area contributed by atoms with Crippen LogP contribution in [0.15, 0.2) is 24.3 Å². The van der Waals surface area contributed by atoms with Crippen molar-refractivity contribution in [3.8, 4) is 0 Å². The highest BCUT2D eigenvalue weighted by molar-refractivity contribution is 6.31. The number of ether oxygens (including phenoxy) is 1. The molecule has 0 fully saturated rings. The van der Waals surface area contributed by atoms with Gasteiger partial charge in [-0.05, 0) is 32.4 Å². The van der Waals surface area contributed by atoms with Gasteiger partial charge in [0.2, 0.25) is 5.91 Å². The average Bonchev–Trinajstić information content (AvgIpc) is 2.28. The molecule has 0 aliphatic carbocycles. The third-order valence-corrected chi connectivity index (χ3v) is 2.79. The van der Waals surface area contributed by atoms with E-state index in [1.54, 1.807) is 11.9 Å². The normalized spacial score (nSPS) is 11.4. The van der Waals surface area contributed by atoms with Crippen LogP contribution in [0.3, 0.4) is 0 Å². The summed E-state index contributed by atoms with van der Waals surface area (Å²) in [5.74, 6) is -0.0511. The highest BCUT2D eigenvalue weighted by atomic mass is 35.5. The molecule has 0 saturated heterocycles. The smallest absolute Gasteiger partial charge is 0.248 e. The topological polar surface area (TPSA) is 29.5 Å². The van der Waals surface area contributed by atoms with Gasteiger partial charge in [0.05, 0.1) is 5.60 Å². The SMILES string of the molecule is CN(Cc1ccccc1Cl)C(=O)COC(C)(C)C. The van der Waals surface area contributed by atoms with Crippen molar-refractivity contribution in [1.82, 2.24) is 4.90 Å². The summed E-state index contributed by atoms with van der Waals surface area (Å²) in [6.45, 7) is 6.35. The minimum atomic E-state index is -0.305. The van der Waals surface area contributed by atoms with E-state index >= 15 is 0 Å². The van der Waals surface area contributed by atoms with Gasteiger partial charge in [-0.1, -0.05) is 29.8 Å². The van der Waals surface area contributed by atoms with Crippen LogP contribution in [0.1, 0.15) is 26.3 Å². The molecule has 1 aromatic rings. The van der Waals surface area contributed by atoms with Gasteiger partial charge in [-0.25, -0.2) is 0 Å². The molecule has 18 heavy (non-hydrogen) atoms. The monoisotopic (exact) mass is 269 g/mol. The van der Waals surface area contributed by atoms with Crippen LogP contribution in [-0.4, -0.2) is 30.1 Å². The first-order valence-corrected chi connectivity index (χ1v) is 6.29. The van der Waals surface area contributed by atoms with Crippen molar-refractivity contribution in [3.63, 3.8) is 0 Å². The molecule has 0 bridgehead atoms. The first kappa shape index (κ1) is 15.0. The molecule has 1 amide bonds. The van der Waals surface area contributed by atoms with Crippen molar-refractivity contribution in [1.29, 1.82) is 0 Å². The van der Waals surface area contributed by atoms with E-state index in [1.807, 2.05) is 45.0 Å². The highest BCUT2D eigenvalue weighted by Crippen LogP contribution is 2.16. The second kappa shape index (κ2) is 6.21. The van der Waals surface area contributed by atoms with E-state index < -0.39 is 0 Å². The maximum Gasteiger partial charge on any atom is 0.248 e. The summed E-state index contributed by atoms with van der Waals surface area (Å²) in [6.07, 6.45) is 0. The number of benzene rings is 1. The zero-order valence-electron chi connectivity index (χ0n) is 11.4. The maximum atomic E-state index is 11.9. The zero-order valence-corrected chi connectivity index (χ0v) is 12.1. The second-order valence-corrected chi connectivity index (χ2v) is 5.65. The molecule has 0 heterocycles. The van der Waals surface area contributed by atoms with Gasteiger partial charge in [0, 0.05) is 18.6 Å². The lowest BCUT2D eigenvalue weighted by Gasteiger charge is -2.23. The van der Waals surface area contributed by atoms with Gasteiger partial charge in [0.1, 0.15) is 6.61 Å². The Hall–Kier alpha value is -1.06. The van der Waals surface area contributed by atoms with Gasteiger partial charge >= 0.3 is 0 Å². The highest BCUT2D eigenvalue weighted by Gasteiger charge is 2.16. The third kappa shape index (κ3) is 5.07. The van der Waals surface area contributed by atoms with E-state index in [1.165, 1.54) is 0 Å². The standard InChI is InChI=1S/C14H20ClNO2/c1-14(2,3)18-10-13(17)16(4)9-11-7-5-6-8-12(11)15/h5-8H,9-10H2,1-4H3. The van der Waals surface area contributed by atoms with Crippen LogP contribution in [0.2, 0.25) is 5.02 Å². The number of amides is 1. The number of hydrogen-bond donors (Lipinski definition) is 0. The Morgan fingerprint density at radius 3 is 2.50 bits per heavy atom. The quantitative estimate of drug-likeness (QED) is 0.841. The average molecular weight is 270 g/mol. The van der Waals surface area contributed by atoms with Crippen LogP contribution >= 0.6 is 11.6 Å². The van der Waals surface area contributed by atoms with Gasteiger partial charge in [-0.2, -0.15) is 0 Å². The molecule has 0 N–H and O–H groups in total. The summed E-state index contributed by atoms with van der Waals surface area (Å²) >= 11 is 6.05. The molecule has 0 aromatic heterocycles. The number of nitrogens with zero attached hydrogens (tertiary/aromatic N) is 1. The molecule has 4 heteroatoms. The first-order valence-electron chi connectivity index (χ1n) is 5.91. The molecule has 0 aliphatic heterocycles. The fourth-order valence-electron chi connectivity index (χ4n) is 1.36. The lowest BCUT2D eigenvalue weighted by molar-refractivity contribution is -0.140. The van der Waals surface area contributed by atoms with Crippen molar-refractivity contribution in [2.45, 2.75) is 32.9 Å². The molecule has 1 rings (SSSR count). The molecule has 0 spiro atoms. The summed E-state index contributed by atoms with van der Waals surface area (Å²) in [5, 5.41) is 0.675. The fraction of sp³-hybridized carbons (Fsp3) is 0.500. The molecule has 0 radical (unpaired) electrons. The molecular formula is C14H20ClNO2. The predicted octanol–water partition coefficient (Wildman–Crippen LogP) is 3.11. The molecule has 0 saturated carbocycles. The molecule has 0 atom stereocenters. The van der Waals surface area contributed by atoms with E-state index in [2.05, 4.69) is 0 Å². The molecular weight excluding hydrogens is 250 g/mol. The molecule has 0 aliphatic rings. The Labute approximate surface area is 114 Å². The first-order chi connectivity index (χ1) is 8.29. The second-order valence-electron chi connectivity index (χ2n) is 5.24. The Bertz CT molecular complexity index is 413. The number of halogens is 1. The fourth-order valence-corrected chi connectivity index (χ4v) is 1.55. The maximum absolute atomic E-state index is 11.9. The van der Waals surface area contributed by atoms with E-state index in [0.717, 1.165) is 5.56 Å². The van der Waals surface area contributed by atoms with E-state index in [4.69, 9.17) is 16.3 Å². The van der Waals surface area contributed by atoms with Gasteiger partial charge in [-0.3, -0.25) is 4.79 Å². The minimum absolute atomic E-state index is 0.0511. The van der Waals surface area contributed by atoms with E-state index in [9.17, 15) is 4.79 Å². The summed E-state index contributed by atoms with van der Waals surface area (Å²) in [7, 11) is 1.75. The van der Waals surface area contributed by atoms with E-state index in [0.29, 0.717) is 11.6 Å². The van der Waals surface area contributed by atoms with Crippen molar-refractivity contribution in [2.75, 3.05) is 13.7 Å². The summed E-state index contributed by atoms with van der Waals surface area (Å²) < 4.78 is 5.46. The van der Waals surface area contributed by atoms with Crippen LogP contribution in [0, 0.1) is 0 Å². The number of carbonyl (C=O) groups excluding carboxylic acids is 1. The van der Waals surface area contributed by atoms with Crippen LogP contribution in [0.4, 0.5) is 0 Å². The van der Waals surface area contributed by atoms with Crippen molar-refractivity contribution in [3.05, 3.63) is 34.9 Å². The number of likely N-dealkylation sites (N-methyl/N-ethyl adjacent to an activating group) is 1. The van der Waals surface area contributed by atoms with Gasteiger partial charge in [-0.15, -0.1) is 0 Å². The zero-order chi connectivity index (χ0) is 13.8. The Morgan fingerprint density at radius 2 is 1.94 bits per heavy atom. The van der Waals surface area contributed by atoms with Crippen molar-refractivity contribution >= 4 is 17.5 Å². The number of hydrogen-bond acceptors (Lipinski definition) is 2. The number of rotatable bonds is 4. The van der Waals surface area contributed by atoms with Gasteiger partial charge in [0.15, 0.2) is 0 Å². The van der Waals surface area contributed by atoms with Gasteiger partial charge < -0.3 is 9.64 Å². The molecule has 0 unspecified atom stereocenters. The predicted molar refractivity (Wildman–Crippen MR) is 73.6 cm³/mol. The lowest BCUT2D eigenvalue weighted by atomic mass is 10.2. The summed E-state index contributed by atoms with van der Waals surface area (Å²) in [4.78, 5) is 13.5. The summed E-state index contributed by atoms with van der Waals surface area (Å²) in [5.41, 5.74) is 0.631. The minimum Gasteiger partial charge on any atom is -0.366 e. The van der Waals surface area contributed by atoms with Crippen LogP contribution < -0.4 is 0 Å². The van der Waals surface area contributed by atoms with Crippen LogP contribution in [0.25, 0.3) is 0 Å². The van der Waals surface area contributed by atoms with Crippen LogP contribution in [-0.2, 0) is 16.1 Å². The molecule has 3 nitrogen and oxygen atoms in total. The van der Waals surface area contributed by atoms with Crippen molar-refractivity contribution < 1.29 is 9.53 Å². The van der Waals surface area contributed by atoms with E-state index in [-0.39, 0.29) is 18.1 Å². The molecule has 1 aromatic carbocycles. The van der Waals surface area contributed by atoms with Crippen molar-refractivity contribution in [2.24, 2.45) is 0 Å². The Morgan fingerprint density at radius 1 is 1.33 bits per heavy atom. The van der Waals surface area contributed by atoms with Crippen LogP contribution in [0.5, 0.6) is 0 Å².